The van der Waals surface area contributed by atoms with Gasteiger partial charge in [-0.25, -0.2) is 0 Å². The van der Waals surface area contributed by atoms with Crippen LogP contribution < -0.4 is 9.47 Å². The first kappa shape index (κ1) is 23.6. The molecule has 0 radical (unpaired) electrons. The number of ether oxygens (including phenoxy) is 2. The Morgan fingerprint density at radius 1 is 1.03 bits per heavy atom. The molecular formula is C29H29N3O4. The maximum Gasteiger partial charge on any atom is 0.308 e. The second kappa shape index (κ2) is 9.49. The average molecular weight is 484 g/mol. The maximum absolute atomic E-state index is 12.9. The van der Waals surface area contributed by atoms with Crippen LogP contribution in [0.3, 0.4) is 0 Å². The molecule has 4 aromatic rings. The van der Waals surface area contributed by atoms with E-state index in [2.05, 4.69) is 43.1 Å². The number of benzene rings is 3. The highest BCUT2D eigenvalue weighted by Crippen LogP contribution is 2.40. The van der Waals surface area contributed by atoms with E-state index >= 15 is 0 Å². The van der Waals surface area contributed by atoms with Gasteiger partial charge in [0.25, 0.3) is 0 Å². The highest BCUT2D eigenvalue weighted by Gasteiger charge is 2.29. The fraction of sp³-hybridized carbons (Fsp3) is 0.276. The number of hydrogen-bond acceptors (Lipinski definition) is 5. The molecule has 1 aromatic heterocycles. The van der Waals surface area contributed by atoms with Crippen LogP contribution in [0.1, 0.15) is 31.9 Å². The van der Waals surface area contributed by atoms with E-state index in [1.165, 1.54) is 0 Å². The Bertz CT molecular complexity index is 1430. The van der Waals surface area contributed by atoms with Gasteiger partial charge in [0, 0.05) is 11.9 Å². The summed E-state index contributed by atoms with van der Waals surface area (Å²) in [4.78, 5) is 12.9. The van der Waals surface area contributed by atoms with E-state index in [-0.39, 0.29) is 23.6 Å². The van der Waals surface area contributed by atoms with Crippen molar-refractivity contribution in [1.82, 2.24) is 4.57 Å². The van der Waals surface area contributed by atoms with Crippen LogP contribution in [-0.2, 0) is 23.2 Å². The van der Waals surface area contributed by atoms with Gasteiger partial charge in [0.1, 0.15) is 6.61 Å². The zero-order valence-corrected chi connectivity index (χ0v) is 20.6. The molecule has 0 saturated heterocycles. The van der Waals surface area contributed by atoms with Gasteiger partial charge in [-0.1, -0.05) is 75.4 Å². The number of aryl methyl sites for hydroxylation is 2. The lowest BCUT2D eigenvalue weighted by Crippen LogP contribution is -2.35. The van der Waals surface area contributed by atoms with Gasteiger partial charge in [-0.2, -0.15) is 0 Å². The molecule has 36 heavy (non-hydrogen) atoms. The molecule has 0 fully saturated rings. The summed E-state index contributed by atoms with van der Waals surface area (Å²) >= 11 is 0. The number of aromatic nitrogens is 1. The van der Waals surface area contributed by atoms with Gasteiger partial charge in [-0.05, 0) is 41.2 Å². The zero-order chi connectivity index (χ0) is 25.3. The molecule has 0 bridgehead atoms. The van der Waals surface area contributed by atoms with E-state index in [1.54, 1.807) is 4.57 Å². The lowest BCUT2D eigenvalue weighted by Gasteiger charge is -2.27. The van der Waals surface area contributed by atoms with Gasteiger partial charge in [-0.15, -0.1) is 10.2 Å². The largest absolute Gasteiger partial charge is 0.493 e. The number of para-hydroxylation sites is 1. The smallest absolute Gasteiger partial charge is 0.308 e. The molecule has 1 aliphatic heterocycles. The normalized spacial score (nSPS) is 15.5. The van der Waals surface area contributed by atoms with Crippen molar-refractivity contribution < 1.29 is 19.4 Å². The van der Waals surface area contributed by atoms with E-state index < -0.39 is 12.0 Å². The molecule has 7 nitrogen and oxygen atoms in total. The van der Waals surface area contributed by atoms with Crippen LogP contribution in [-0.4, -0.2) is 28.3 Å². The summed E-state index contributed by atoms with van der Waals surface area (Å²) in [5, 5.41) is 19.8. The predicted molar refractivity (Wildman–Crippen MR) is 138 cm³/mol. The molecule has 5 rings (SSSR count). The molecule has 3 aromatic carbocycles. The maximum atomic E-state index is 12.9. The first-order valence-corrected chi connectivity index (χ1v) is 12.0. The van der Waals surface area contributed by atoms with E-state index in [9.17, 15) is 9.90 Å². The first-order valence-electron chi connectivity index (χ1n) is 12.0. The van der Waals surface area contributed by atoms with Gasteiger partial charge < -0.3 is 19.1 Å². The number of rotatable bonds is 5. The van der Waals surface area contributed by atoms with Crippen molar-refractivity contribution in [2.24, 2.45) is 10.2 Å². The molecule has 1 atom stereocenters. The molecule has 184 valence electrons. The van der Waals surface area contributed by atoms with Crippen molar-refractivity contribution in [3.05, 3.63) is 83.9 Å². The lowest BCUT2D eigenvalue weighted by atomic mass is 9.87. The van der Waals surface area contributed by atoms with Crippen molar-refractivity contribution in [3.63, 3.8) is 0 Å². The van der Waals surface area contributed by atoms with Gasteiger partial charge in [0.15, 0.2) is 17.2 Å². The van der Waals surface area contributed by atoms with Gasteiger partial charge in [0.2, 0.25) is 12.0 Å². The van der Waals surface area contributed by atoms with Crippen molar-refractivity contribution >= 4 is 22.5 Å². The summed E-state index contributed by atoms with van der Waals surface area (Å²) in [6.45, 7) is 6.94. The van der Waals surface area contributed by atoms with Crippen LogP contribution in [0.5, 0.6) is 17.4 Å². The van der Waals surface area contributed by atoms with E-state index in [1.807, 2.05) is 60.7 Å². The molecule has 1 aliphatic rings. The summed E-state index contributed by atoms with van der Waals surface area (Å²) in [6.07, 6.45) is -0.170. The number of hydrogen-bond donors (Lipinski definition) is 1. The number of azo groups is 1. The number of amides is 1. The van der Waals surface area contributed by atoms with Crippen molar-refractivity contribution in [2.75, 3.05) is 6.61 Å². The van der Waals surface area contributed by atoms with E-state index in [0.29, 0.717) is 18.0 Å². The monoisotopic (exact) mass is 483 g/mol. The minimum Gasteiger partial charge on any atom is -0.493 e. The third kappa shape index (κ3) is 4.69. The number of carbonyl (C=O) groups is 1. The quantitative estimate of drug-likeness (QED) is 0.336. The van der Waals surface area contributed by atoms with Crippen molar-refractivity contribution in [2.45, 2.75) is 45.3 Å². The third-order valence-corrected chi connectivity index (χ3v) is 6.38. The second-order valence-corrected chi connectivity index (χ2v) is 9.94. The fourth-order valence-electron chi connectivity index (χ4n) is 4.31. The Hall–Kier alpha value is -4.13. The summed E-state index contributed by atoms with van der Waals surface area (Å²) in [5.74, 6) is 0.526. The molecule has 7 heteroatoms. The molecule has 2 heterocycles. The molecule has 1 N–H and O–H groups in total. The average Bonchev–Trinajstić information content (AvgIpc) is 3.15. The molecule has 1 amide bonds. The zero-order valence-electron chi connectivity index (χ0n) is 20.6. The van der Waals surface area contributed by atoms with Crippen LogP contribution in [0.4, 0.5) is 5.69 Å². The van der Waals surface area contributed by atoms with Crippen LogP contribution in [0, 0.1) is 0 Å². The minimum absolute atomic E-state index is 0.0235. The van der Waals surface area contributed by atoms with Crippen molar-refractivity contribution in [3.8, 4) is 17.4 Å². The SMILES string of the molecule is CC(C)(C)c1ccc2c(c1)O[C@H](C(=O)N=Nc1c(O)n(CCc3ccccc3)c3ccccc13)CO2. The molecule has 0 unspecified atom stereocenters. The Morgan fingerprint density at radius 3 is 2.56 bits per heavy atom. The number of nitrogens with zero attached hydrogens (tertiary/aromatic N) is 3. The van der Waals surface area contributed by atoms with Crippen LogP contribution >= 0.6 is 0 Å². The van der Waals surface area contributed by atoms with Crippen LogP contribution in [0.25, 0.3) is 10.9 Å². The summed E-state index contributed by atoms with van der Waals surface area (Å²) < 4.78 is 13.5. The standard InChI is InChI=1S/C29H29N3O4/c1-29(2,3)20-13-14-23-24(17-20)36-25(18-35-23)27(33)31-30-26-21-11-7-8-12-22(21)32(28(26)34)16-15-19-9-5-4-6-10-19/h4-14,17,25,34H,15-16,18H2,1-3H3/t25-/m0/s1. The third-order valence-electron chi connectivity index (χ3n) is 6.38. The number of aromatic hydroxyl groups is 1. The lowest BCUT2D eigenvalue weighted by molar-refractivity contribution is -0.127. The van der Waals surface area contributed by atoms with Crippen LogP contribution in [0.2, 0.25) is 0 Å². The minimum atomic E-state index is -0.912. The molecule has 0 spiro atoms. The summed E-state index contributed by atoms with van der Waals surface area (Å²) in [7, 11) is 0. The van der Waals surface area contributed by atoms with Crippen LogP contribution in [0.15, 0.2) is 83.0 Å². The predicted octanol–water partition coefficient (Wildman–Crippen LogP) is 6.34. The summed E-state index contributed by atoms with van der Waals surface area (Å²) in [5.41, 5.74) is 3.26. The van der Waals surface area contributed by atoms with Crippen molar-refractivity contribution in [1.29, 1.82) is 0 Å². The molecule has 0 aliphatic carbocycles. The van der Waals surface area contributed by atoms with E-state index in [4.69, 9.17) is 9.47 Å². The fourth-order valence-corrected chi connectivity index (χ4v) is 4.31. The second-order valence-electron chi connectivity index (χ2n) is 9.94. The van der Waals surface area contributed by atoms with Gasteiger partial charge in [-0.3, -0.25) is 4.79 Å². The molecular weight excluding hydrogens is 454 g/mol. The first-order chi connectivity index (χ1) is 17.3. The van der Waals surface area contributed by atoms with Gasteiger partial charge in [0.05, 0.1) is 5.52 Å². The molecule has 0 saturated carbocycles. The number of carbonyl (C=O) groups excluding carboxylic acids is 1. The Labute approximate surface area is 210 Å². The Kier molecular flexibility index (Phi) is 6.22. The number of fused-ring (bicyclic) bond motifs is 2. The topological polar surface area (TPSA) is 85.4 Å². The van der Waals surface area contributed by atoms with Gasteiger partial charge >= 0.3 is 5.91 Å². The summed E-state index contributed by atoms with van der Waals surface area (Å²) in [6, 6.07) is 23.4. The Morgan fingerprint density at radius 2 is 1.78 bits per heavy atom. The highest BCUT2D eigenvalue weighted by atomic mass is 16.6. The highest BCUT2D eigenvalue weighted by molar-refractivity contribution is 5.95. The van der Waals surface area contributed by atoms with E-state index in [0.717, 1.165) is 28.5 Å². The Balaban J connectivity index is 1.37.